The second-order valence-corrected chi connectivity index (χ2v) is 7.56. The van der Waals surface area contributed by atoms with Crippen molar-refractivity contribution in [3.63, 3.8) is 0 Å². The third-order valence-corrected chi connectivity index (χ3v) is 5.53. The van der Waals surface area contributed by atoms with E-state index in [1.165, 1.54) is 5.56 Å². The lowest BCUT2D eigenvalue weighted by Gasteiger charge is -2.27. The quantitative estimate of drug-likeness (QED) is 0.675. The van der Waals surface area contributed by atoms with E-state index in [1.807, 2.05) is 36.4 Å². The van der Waals surface area contributed by atoms with Crippen LogP contribution in [0.3, 0.4) is 0 Å². The molecule has 1 aliphatic heterocycles. The zero-order chi connectivity index (χ0) is 18.4. The maximum absolute atomic E-state index is 6.37. The first-order chi connectivity index (χ1) is 12.6. The average Bonchev–Trinajstić information content (AvgIpc) is 3.16. The summed E-state index contributed by atoms with van der Waals surface area (Å²) in [6.07, 6.45) is 2.42. The van der Waals surface area contributed by atoms with Crippen LogP contribution in [0.1, 0.15) is 24.0 Å². The highest BCUT2D eigenvalue weighted by molar-refractivity contribution is 7.80. The molecule has 0 unspecified atom stereocenters. The highest BCUT2D eigenvalue weighted by Crippen LogP contribution is 2.26. The molecule has 138 valence electrons. The van der Waals surface area contributed by atoms with Gasteiger partial charge in [0, 0.05) is 41.8 Å². The zero-order valence-electron chi connectivity index (χ0n) is 14.5. The number of halogens is 2. The molecule has 3 rings (SSSR count). The molecule has 26 heavy (non-hydrogen) atoms. The Balaban J connectivity index is 1.73. The zero-order valence-corrected chi connectivity index (χ0v) is 16.8. The van der Waals surface area contributed by atoms with Gasteiger partial charge in [-0.2, -0.15) is 0 Å². The topological polar surface area (TPSA) is 24.5 Å². The fourth-order valence-corrected chi connectivity index (χ4v) is 3.73. The standard InChI is InChI=1S/C20H22Cl2N2OS/c21-18-9-4-10-19(22)17(18)14-24(13-15-6-2-1-3-7-15)20(26)23-12-16-8-5-11-25-16/h1-4,6-7,9-10,16H,5,8,11-14H2,(H,23,26)/t16-/m0/s1. The molecule has 2 aromatic carbocycles. The molecular weight excluding hydrogens is 387 g/mol. The van der Waals surface area contributed by atoms with E-state index < -0.39 is 0 Å². The molecular formula is C20H22Cl2N2OS. The minimum absolute atomic E-state index is 0.232. The van der Waals surface area contributed by atoms with E-state index in [2.05, 4.69) is 22.3 Å². The van der Waals surface area contributed by atoms with Crippen LogP contribution in [0.4, 0.5) is 0 Å². The lowest BCUT2D eigenvalue weighted by Crippen LogP contribution is -2.42. The van der Waals surface area contributed by atoms with Crippen molar-refractivity contribution in [3.8, 4) is 0 Å². The smallest absolute Gasteiger partial charge is 0.169 e. The van der Waals surface area contributed by atoms with Crippen molar-refractivity contribution in [2.45, 2.75) is 32.0 Å². The largest absolute Gasteiger partial charge is 0.376 e. The Morgan fingerprint density at radius 1 is 1.08 bits per heavy atom. The number of nitrogens with one attached hydrogen (secondary N) is 1. The van der Waals surface area contributed by atoms with Gasteiger partial charge in [-0.1, -0.05) is 59.6 Å². The molecule has 2 aromatic rings. The monoisotopic (exact) mass is 408 g/mol. The summed E-state index contributed by atoms with van der Waals surface area (Å²) in [5.74, 6) is 0. The van der Waals surface area contributed by atoms with Crippen LogP contribution >= 0.6 is 35.4 Å². The molecule has 6 heteroatoms. The van der Waals surface area contributed by atoms with Crippen LogP contribution in [0.2, 0.25) is 10.0 Å². The van der Waals surface area contributed by atoms with Gasteiger partial charge in [0.2, 0.25) is 0 Å². The highest BCUT2D eigenvalue weighted by Gasteiger charge is 2.19. The molecule has 0 spiro atoms. The number of hydrogen-bond donors (Lipinski definition) is 1. The number of hydrogen-bond acceptors (Lipinski definition) is 2. The van der Waals surface area contributed by atoms with E-state index in [4.69, 9.17) is 40.2 Å². The maximum Gasteiger partial charge on any atom is 0.169 e. The SMILES string of the molecule is S=C(NC[C@@H]1CCCO1)N(Cc1ccccc1)Cc1c(Cl)cccc1Cl. The molecule has 1 heterocycles. The third kappa shape index (κ3) is 5.34. The second kappa shape index (κ2) is 9.56. The van der Waals surface area contributed by atoms with Gasteiger partial charge in [-0.05, 0) is 42.8 Å². The van der Waals surface area contributed by atoms with Crippen molar-refractivity contribution in [1.82, 2.24) is 10.2 Å². The summed E-state index contributed by atoms with van der Waals surface area (Å²) < 4.78 is 5.68. The summed E-state index contributed by atoms with van der Waals surface area (Å²) >= 11 is 18.4. The second-order valence-electron chi connectivity index (χ2n) is 6.36. The van der Waals surface area contributed by atoms with Gasteiger partial charge in [-0.3, -0.25) is 0 Å². The molecule has 0 aromatic heterocycles. The molecule has 1 aliphatic rings. The van der Waals surface area contributed by atoms with Crippen molar-refractivity contribution >= 4 is 40.5 Å². The number of nitrogens with zero attached hydrogens (tertiary/aromatic N) is 1. The average molecular weight is 409 g/mol. The van der Waals surface area contributed by atoms with E-state index in [9.17, 15) is 0 Å². The number of thiocarbonyl (C=S) groups is 1. The number of benzene rings is 2. The summed E-state index contributed by atoms with van der Waals surface area (Å²) in [6, 6.07) is 15.8. The lowest BCUT2D eigenvalue weighted by molar-refractivity contribution is 0.113. The summed E-state index contributed by atoms with van der Waals surface area (Å²) in [4.78, 5) is 2.09. The Morgan fingerprint density at radius 2 is 1.81 bits per heavy atom. The Bertz CT molecular complexity index is 716. The summed E-state index contributed by atoms with van der Waals surface area (Å²) in [6.45, 7) is 2.78. The Labute approximate surface area is 170 Å². The predicted octanol–water partition coefficient (Wildman–Crippen LogP) is 5.05. The predicted molar refractivity (Wildman–Crippen MR) is 112 cm³/mol. The first-order valence-corrected chi connectivity index (χ1v) is 9.91. The minimum atomic E-state index is 0.232. The van der Waals surface area contributed by atoms with Crippen LogP contribution in [0.5, 0.6) is 0 Å². The fourth-order valence-electron chi connectivity index (χ4n) is 3.00. The van der Waals surface area contributed by atoms with Crippen molar-refractivity contribution in [2.75, 3.05) is 13.2 Å². The van der Waals surface area contributed by atoms with Crippen LogP contribution < -0.4 is 5.32 Å². The fraction of sp³-hybridized carbons (Fsp3) is 0.350. The van der Waals surface area contributed by atoms with Gasteiger partial charge in [-0.25, -0.2) is 0 Å². The molecule has 0 saturated carbocycles. The lowest BCUT2D eigenvalue weighted by atomic mass is 10.1. The van der Waals surface area contributed by atoms with Crippen molar-refractivity contribution < 1.29 is 4.74 Å². The summed E-state index contributed by atoms with van der Waals surface area (Å²) in [5, 5.41) is 5.33. The Morgan fingerprint density at radius 3 is 2.46 bits per heavy atom. The van der Waals surface area contributed by atoms with Gasteiger partial charge in [0.05, 0.1) is 6.10 Å². The van der Waals surface area contributed by atoms with Gasteiger partial charge in [0.1, 0.15) is 0 Å². The summed E-state index contributed by atoms with van der Waals surface area (Å²) in [7, 11) is 0. The van der Waals surface area contributed by atoms with E-state index in [0.717, 1.165) is 31.6 Å². The summed E-state index contributed by atoms with van der Waals surface area (Å²) in [5.41, 5.74) is 2.06. The molecule has 0 radical (unpaired) electrons. The van der Waals surface area contributed by atoms with Crippen molar-refractivity contribution in [3.05, 3.63) is 69.7 Å². The Kier molecular flexibility index (Phi) is 7.15. The van der Waals surface area contributed by atoms with Crippen LogP contribution in [0.15, 0.2) is 48.5 Å². The van der Waals surface area contributed by atoms with E-state index >= 15 is 0 Å². The number of ether oxygens (including phenoxy) is 1. The van der Waals surface area contributed by atoms with E-state index in [1.54, 1.807) is 0 Å². The van der Waals surface area contributed by atoms with Gasteiger partial charge in [0.25, 0.3) is 0 Å². The van der Waals surface area contributed by atoms with Gasteiger partial charge in [-0.15, -0.1) is 0 Å². The molecule has 0 bridgehead atoms. The van der Waals surface area contributed by atoms with Gasteiger partial charge < -0.3 is 15.0 Å². The molecule has 0 amide bonds. The van der Waals surface area contributed by atoms with E-state index in [0.29, 0.717) is 28.2 Å². The minimum Gasteiger partial charge on any atom is -0.376 e. The molecule has 1 N–H and O–H groups in total. The molecule has 0 aliphatic carbocycles. The van der Waals surface area contributed by atoms with Gasteiger partial charge >= 0.3 is 0 Å². The van der Waals surface area contributed by atoms with Gasteiger partial charge in [0.15, 0.2) is 5.11 Å². The normalized spacial score (nSPS) is 16.5. The van der Waals surface area contributed by atoms with Crippen LogP contribution in [-0.2, 0) is 17.8 Å². The Hall–Kier alpha value is -1.33. The molecule has 1 atom stereocenters. The molecule has 1 fully saturated rings. The highest BCUT2D eigenvalue weighted by atomic mass is 35.5. The van der Waals surface area contributed by atoms with Crippen molar-refractivity contribution in [1.29, 1.82) is 0 Å². The molecule has 1 saturated heterocycles. The van der Waals surface area contributed by atoms with Crippen LogP contribution in [0, 0.1) is 0 Å². The van der Waals surface area contributed by atoms with E-state index in [-0.39, 0.29) is 6.10 Å². The van der Waals surface area contributed by atoms with Crippen LogP contribution in [-0.4, -0.2) is 29.3 Å². The van der Waals surface area contributed by atoms with Crippen LogP contribution in [0.25, 0.3) is 0 Å². The molecule has 3 nitrogen and oxygen atoms in total. The maximum atomic E-state index is 6.37. The van der Waals surface area contributed by atoms with Crippen molar-refractivity contribution in [2.24, 2.45) is 0 Å². The first-order valence-electron chi connectivity index (χ1n) is 8.74. The number of rotatable bonds is 6. The first kappa shape index (κ1) is 19.4. The third-order valence-electron chi connectivity index (χ3n) is 4.42.